The standard InChI is InChI=1S/C14H17BrN4O2/c1-9-6-13(12(15)7-14(9)19(20)21)16-5-3-4-11-8-17-18-10(11)2/h6-8,16H,3-5H2,1-2H3,(H,17,18). The van der Waals surface area contributed by atoms with Crippen molar-refractivity contribution in [2.75, 3.05) is 11.9 Å². The molecule has 0 amide bonds. The van der Waals surface area contributed by atoms with E-state index < -0.39 is 0 Å². The predicted molar refractivity (Wildman–Crippen MR) is 85.7 cm³/mol. The maximum absolute atomic E-state index is 10.9. The number of hydrogen-bond acceptors (Lipinski definition) is 4. The smallest absolute Gasteiger partial charge is 0.273 e. The van der Waals surface area contributed by atoms with Gasteiger partial charge < -0.3 is 5.32 Å². The molecule has 7 heteroatoms. The van der Waals surface area contributed by atoms with Crippen LogP contribution in [0.1, 0.15) is 23.2 Å². The third-order valence-corrected chi connectivity index (χ3v) is 4.01. The normalized spacial score (nSPS) is 10.6. The molecule has 0 saturated carbocycles. The van der Waals surface area contributed by atoms with Crippen LogP contribution in [0.5, 0.6) is 0 Å². The van der Waals surface area contributed by atoms with Gasteiger partial charge in [-0.25, -0.2) is 0 Å². The molecule has 1 aromatic heterocycles. The average molecular weight is 353 g/mol. The van der Waals surface area contributed by atoms with Crippen molar-refractivity contribution in [2.45, 2.75) is 26.7 Å². The van der Waals surface area contributed by atoms with Crippen LogP contribution in [0, 0.1) is 24.0 Å². The number of aryl methyl sites for hydroxylation is 3. The summed E-state index contributed by atoms with van der Waals surface area (Å²) in [5.74, 6) is 0. The van der Waals surface area contributed by atoms with Gasteiger partial charge >= 0.3 is 0 Å². The Bertz CT molecular complexity index is 654. The van der Waals surface area contributed by atoms with Gasteiger partial charge in [-0.2, -0.15) is 5.10 Å². The number of anilines is 1. The largest absolute Gasteiger partial charge is 0.384 e. The molecule has 2 N–H and O–H groups in total. The van der Waals surface area contributed by atoms with Crippen molar-refractivity contribution < 1.29 is 4.92 Å². The van der Waals surface area contributed by atoms with Gasteiger partial charge in [0.2, 0.25) is 0 Å². The highest BCUT2D eigenvalue weighted by molar-refractivity contribution is 9.10. The number of nitro groups is 1. The summed E-state index contributed by atoms with van der Waals surface area (Å²) in [7, 11) is 0. The number of hydrogen-bond donors (Lipinski definition) is 2. The first-order valence-corrected chi connectivity index (χ1v) is 7.45. The second kappa shape index (κ2) is 6.71. The van der Waals surface area contributed by atoms with E-state index in [2.05, 4.69) is 31.4 Å². The first kappa shape index (κ1) is 15.5. The Labute approximate surface area is 131 Å². The molecule has 0 bridgehead atoms. The lowest BCUT2D eigenvalue weighted by molar-refractivity contribution is -0.385. The summed E-state index contributed by atoms with van der Waals surface area (Å²) in [6, 6.07) is 3.34. The maximum Gasteiger partial charge on any atom is 0.273 e. The summed E-state index contributed by atoms with van der Waals surface area (Å²) in [5.41, 5.74) is 3.97. The van der Waals surface area contributed by atoms with Gasteiger partial charge in [-0.1, -0.05) is 0 Å². The Hall–Kier alpha value is -1.89. The molecule has 0 aliphatic rings. The van der Waals surface area contributed by atoms with Gasteiger partial charge in [0.1, 0.15) is 0 Å². The first-order valence-electron chi connectivity index (χ1n) is 6.66. The number of halogens is 1. The summed E-state index contributed by atoms with van der Waals surface area (Å²) in [6.07, 6.45) is 3.75. The number of nitro benzene ring substituents is 1. The molecule has 0 radical (unpaired) electrons. The topological polar surface area (TPSA) is 83.8 Å². The Balaban J connectivity index is 1.93. The lowest BCUT2D eigenvalue weighted by Crippen LogP contribution is -2.05. The van der Waals surface area contributed by atoms with E-state index in [1.807, 2.05) is 13.1 Å². The van der Waals surface area contributed by atoms with E-state index in [0.717, 1.165) is 30.8 Å². The van der Waals surface area contributed by atoms with Crippen LogP contribution in [0.25, 0.3) is 0 Å². The highest BCUT2D eigenvalue weighted by Crippen LogP contribution is 2.30. The van der Waals surface area contributed by atoms with Crippen LogP contribution < -0.4 is 5.32 Å². The number of nitrogens with zero attached hydrogens (tertiary/aromatic N) is 2. The third kappa shape index (κ3) is 3.81. The van der Waals surface area contributed by atoms with Crippen molar-refractivity contribution in [2.24, 2.45) is 0 Å². The second-order valence-corrected chi connectivity index (χ2v) is 5.78. The second-order valence-electron chi connectivity index (χ2n) is 4.93. The fourth-order valence-electron chi connectivity index (χ4n) is 2.13. The molecule has 21 heavy (non-hydrogen) atoms. The van der Waals surface area contributed by atoms with E-state index in [4.69, 9.17) is 0 Å². The number of aromatic amines is 1. The van der Waals surface area contributed by atoms with Crippen LogP contribution in [0.3, 0.4) is 0 Å². The molecule has 2 aromatic rings. The Kier molecular flexibility index (Phi) is 4.95. The molecule has 6 nitrogen and oxygen atoms in total. The molecular formula is C14H17BrN4O2. The number of aromatic nitrogens is 2. The van der Waals surface area contributed by atoms with Crippen molar-refractivity contribution in [3.63, 3.8) is 0 Å². The van der Waals surface area contributed by atoms with Gasteiger partial charge in [0.25, 0.3) is 5.69 Å². The number of rotatable bonds is 6. The Morgan fingerprint density at radius 1 is 1.43 bits per heavy atom. The van der Waals surface area contributed by atoms with Crippen LogP contribution in [-0.2, 0) is 6.42 Å². The Morgan fingerprint density at radius 2 is 2.19 bits per heavy atom. The van der Waals surface area contributed by atoms with Crippen molar-refractivity contribution in [1.29, 1.82) is 0 Å². The highest BCUT2D eigenvalue weighted by atomic mass is 79.9. The van der Waals surface area contributed by atoms with E-state index in [9.17, 15) is 10.1 Å². The zero-order valence-corrected chi connectivity index (χ0v) is 13.5. The van der Waals surface area contributed by atoms with E-state index in [-0.39, 0.29) is 10.6 Å². The van der Waals surface area contributed by atoms with Gasteiger partial charge in [0, 0.05) is 34.0 Å². The fourth-order valence-corrected chi connectivity index (χ4v) is 2.60. The van der Waals surface area contributed by atoms with Gasteiger partial charge in [-0.05, 0) is 54.2 Å². The lowest BCUT2D eigenvalue weighted by atomic mass is 10.1. The molecule has 0 atom stereocenters. The highest BCUT2D eigenvalue weighted by Gasteiger charge is 2.13. The molecule has 0 spiro atoms. The molecule has 0 aliphatic carbocycles. The van der Waals surface area contributed by atoms with E-state index in [1.165, 1.54) is 11.6 Å². The third-order valence-electron chi connectivity index (χ3n) is 3.35. The summed E-state index contributed by atoms with van der Waals surface area (Å²) in [5, 5.41) is 21.1. The van der Waals surface area contributed by atoms with Gasteiger partial charge in [0.15, 0.2) is 0 Å². The van der Waals surface area contributed by atoms with Crippen LogP contribution in [0.2, 0.25) is 0 Å². The molecule has 0 unspecified atom stereocenters. The van der Waals surface area contributed by atoms with Crippen LogP contribution in [-0.4, -0.2) is 21.7 Å². The monoisotopic (exact) mass is 352 g/mol. The van der Waals surface area contributed by atoms with Crippen LogP contribution in [0.15, 0.2) is 22.8 Å². The first-order chi connectivity index (χ1) is 9.99. The van der Waals surface area contributed by atoms with Crippen molar-refractivity contribution in [3.8, 4) is 0 Å². The van der Waals surface area contributed by atoms with E-state index >= 15 is 0 Å². The molecule has 2 rings (SSSR count). The van der Waals surface area contributed by atoms with Crippen molar-refractivity contribution in [1.82, 2.24) is 10.2 Å². The van der Waals surface area contributed by atoms with Crippen LogP contribution >= 0.6 is 15.9 Å². The minimum absolute atomic E-state index is 0.126. The zero-order chi connectivity index (χ0) is 15.4. The van der Waals surface area contributed by atoms with Gasteiger partial charge in [0.05, 0.1) is 11.1 Å². The maximum atomic E-state index is 10.9. The summed E-state index contributed by atoms with van der Waals surface area (Å²) >= 11 is 3.37. The Morgan fingerprint density at radius 3 is 2.81 bits per heavy atom. The average Bonchev–Trinajstić information content (AvgIpc) is 2.83. The minimum atomic E-state index is -0.369. The molecule has 0 saturated heterocycles. The van der Waals surface area contributed by atoms with Crippen LogP contribution in [0.4, 0.5) is 11.4 Å². The quantitative estimate of drug-likeness (QED) is 0.471. The summed E-state index contributed by atoms with van der Waals surface area (Å²) in [4.78, 5) is 10.5. The van der Waals surface area contributed by atoms with Crippen molar-refractivity contribution in [3.05, 3.63) is 49.7 Å². The predicted octanol–water partition coefficient (Wildman–Crippen LogP) is 3.74. The number of nitrogens with one attached hydrogen (secondary N) is 2. The lowest BCUT2D eigenvalue weighted by Gasteiger charge is -2.10. The minimum Gasteiger partial charge on any atom is -0.384 e. The fraction of sp³-hybridized carbons (Fsp3) is 0.357. The molecule has 1 heterocycles. The molecule has 0 aliphatic heterocycles. The molecule has 112 valence electrons. The SMILES string of the molecule is Cc1cc(NCCCc2cn[nH]c2C)c(Br)cc1[N+](=O)[O-]. The van der Waals surface area contributed by atoms with E-state index in [1.54, 1.807) is 13.0 Å². The van der Waals surface area contributed by atoms with Crippen molar-refractivity contribution >= 4 is 27.3 Å². The van der Waals surface area contributed by atoms with E-state index in [0.29, 0.717) is 10.0 Å². The zero-order valence-electron chi connectivity index (χ0n) is 11.9. The number of benzene rings is 1. The molecular weight excluding hydrogens is 336 g/mol. The van der Waals surface area contributed by atoms with Gasteiger partial charge in [-0.15, -0.1) is 0 Å². The molecule has 1 aromatic carbocycles. The van der Waals surface area contributed by atoms with Gasteiger partial charge in [-0.3, -0.25) is 15.2 Å². The summed E-state index contributed by atoms with van der Waals surface area (Å²) < 4.78 is 0.708. The molecule has 0 fully saturated rings. The number of H-pyrrole nitrogens is 1. The summed E-state index contributed by atoms with van der Waals surface area (Å²) in [6.45, 7) is 4.54.